The van der Waals surface area contributed by atoms with E-state index in [1.807, 2.05) is 12.1 Å². The molecule has 0 aliphatic rings. The Morgan fingerprint density at radius 1 is 1.09 bits per heavy atom. The van der Waals surface area contributed by atoms with Crippen molar-refractivity contribution in [2.75, 3.05) is 11.9 Å². The van der Waals surface area contributed by atoms with Crippen molar-refractivity contribution in [1.82, 2.24) is 0 Å². The first-order chi connectivity index (χ1) is 10.6. The van der Waals surface area contributed by atoms with Crippen LogP contribution in [0.1, 0.15) is 30.1 Å². The van der Waals surface area contributed by atoms with Crippen molar-refractivity contribution in [2.24, 2.45) is 0 Å². The number of nitrogens with one attached hydrogen (secondary N) is 1. The van der Waals surface area contributed by atoms with Crippen molar-refractivity contribution in [3.8, 4) is 5.75 Å². The van der Waals surface area contributed by atoms with Crippen LogP contribution >= 0.6 is 23.2 Å². The molecule has 1 amide bonds. The van der Waals surface area contributed by atoms with E-state index in [2.05, 4.69) is 12.2 Å². The van der Waals surface area contributed by atoms with Crippen LogP contribution in [-0.2, 0) is 0 Å². The molecule has 0 heterocycles. The van der Waals surface area contributed by atoms with Gasteiger partial charge in [0.25, 0.3) is 5.91 Å². The van der Waals surface area contributed by atoms with Gasteiger partial charge in [0.15, 0.2) is 0 Å². The number of hydrogen-bond acceptors (Lipinski definition) is 2. The third-order valence-corrected chi connectivity index (χ3v) is 3.80. The van der Waals surface area contributed by atoms with Crippen molar-refractivity contribution >= 4 is 34.8 Å². The van der Waals surface area contributed by atoms with Gasteiger partial charge in [-0.3, -0.25) is 4.79 Å². The Balaban J connectivity index is 1.97. The number of carbonyl (C=O) groups excluding carboxylic acids is 1. The zero-order chi connectivity index (χ0) is 15.9. The van der Waals surface area contributed by atoms with Gasteiger partial charge in [-0.15, -0.1) is 0 Å². The summed E-state index contributed by atoms with van der Waals surface area (Å²) in [5, 5.41) is 3.58. The van der Waals surface area contributed by atoms with Crippen molar-refractivity contribution < 1.29 is 9.53 Å². The second-order valence-electron chi connectivity index (χ2n) is 4.81. The van der Waals surface area contributed by atoms with Crippen molar-refractivity contribution in [3.05, 3.63) is 58.1 Å². The lowest BCUT2D eigenvalue weighted by atomic mass is 10.2. The molecule has 0 saturated heterocycles. The van der Waals surface area contributed by atoms with Crippen LogP contribution in [0.2, 0.25) is 10.0 Å². The highest BCUT2D eigenvalue weighted by molar-refractivity contribution is 6.42. The maximum absolute atomic E-state index is 12.1. The van der Waals surface area contributed by atoms with Crippen LogP contribution in [0.15, 0.2) is 42.5 Å². The molecule has 2 aromatic rings. The minimum Gasteiger partial charge on any atom is -0.494 e. The number of ether oxygens (including phenoxy) is 1. The zero-order valence-corrected chi connectivity index (χ0v) is 13.7. The molecule has 0 unspecified atom stereocenters. The molecule has 1 N–H and O–H groups in total. The molecule has 22 heavy (non-hydrogen) atoms. The second-order valence-corrected chi connectivity index (χ2v) is 5.62. The summed E-state index contributed by atoms with van der Waals surface area (Å²) < 4.78 is 5.58. The number of anilines is 1. The summed E-state index contributed by atoms with van der Waals surface area (Å²) >= 11 is 11.8. The minimum absolute atomic E-state index is 0.238. The van der Waals surface area contributed by atoms with Gasteiger partial charge >= 0.3 is 0 Å². The predicted octanol–water partition coefficient (Wildman–Crippen LogP) is 5.42. The Morgan fingerprint density at radius 3 is 2.45 bits per heavy atom. The van der Waals surface area contributed by atoms with Gasteiger partial charge in [0.2, 0.25) is 0 Å². The highest BCUT2D eigenvalue weighted by atomic mass is 35.5. The average molecular weight is 338 g/mol. The highest BCUT2D eigenvalue weighted by Crippen LogP contribution is 2.23. The molecule has 2 rings (SSSR count). The number of unbranched alkanes of at least 4 members (excludes halogenated alkanes) is 1. The van der Waals surface area contributed by atoms with E-state index in [0.717, 1.165) is 18.6 Å². The number of amides is 1. The Morgan fingerprint density at radius 2 is 1.82 bits per heavy atom. The summed E-state index contributed by atoms with van der Waals surface area (Å²) in [5.41, 5.74) is 1.15. The molecule has 0 aromatic heterocycles. The predicted molar refractivity (Wildman–Crippen MR) is 91.3 cm³/mol. The lowest BCUT2D eigenvalue weighted by molar-refractivity contribution is 0.102. The normalized spacial score (nSPS) is 10.3. The van der Waals surface area contributed by atoms with Crippen LogP contribution in [-0.4, -0.2) is 12.5 Å². The SMILES string of the molecule is CCCCOc1ccc(NC(=O)c2ccc(Cl)c(Cl)c2)cc1. The first-order valence-electron chi connectivity index (χ1n) is 7.09. The fourth-order valence-electron chi connectivity index (χ4n) is 1.81. The molecule has 0 fully saturated rings. The van der Waals surface area contributed by atoms with Gasteiger partial charge in [0, 0.05) is 11.3 Å². The fourth-order valence-corrected chi connectivity index (χ4v) is 2.11. The van der Waals surface area contributed by atoms with Crippen LogP contribution in [0.25, 0.3) is 0 Å². The number of rotatable bonds is 6. The van der Waals surface area contributed by atoms with E-state index in [1.165, 1.54) is 0 Å². The third-order valence-electron chi connectivity index (χ3n) is 3.06. The Kier molecular flexibility index (Phi) is 6.10. The Bertz CT molecular complexity index is 642. The van der Waals surface area contributed by atoms with E-state index >= 15 is 0 Å². The minimum atomic E-state index is -0.238. The molecule has 0 radical (unpaired) electrons. The van der Waals surface area contributed by atoms with Gasteiger partial charge in [-0.25, -0.2) is 0 Å². The van der Waals surface area contributed by atoms with Gasteiger partial charge in [-0.2, -0.15) is 0 Å². The van der Waals surface area contributed by atoms with Crippen LogP contribution in [0.5, 0.6) is 5.75 Å². The third kappa shape index (κ3) is 4.65. The summed E-state index contributed by atoms with van der Waals surface area (Å²) in [7, 11) is 0. The van der Waals surface area contributed by atoms with E-state index in [9.17, 15) is 4.79 Å². The van der Waals surface area contributed by atoms with Crippen molar-refractivity contribution in [3.63, 3.8) is 0 Å². The molecular formula is C17H17Cl2NO2. The number of carbonyl (C=O) groups is 1. The van der Waals surface area contributed by atoms with Gasteiger partial charge in [-0.1, -0.05) is 36.5 Å². The summed E-state index contributed by atoms with van der Waals surface area (Å²) in [6.45, 7) is 2.82. The highest BCUT2D eigenvalue weighted by Gasteiger charge is 2.08. The molecule has 5 heteroatoms. The fraction of sp³-hybridized carbons (Fsp3) is 0.235. The summed E-state index contributed by atoms with van der Waals surface area (Å²) in [6.07, 6.45) is 2.12. The first-order valence-corrected chi connectivity index (χ1v) is 7.85. The summed E-state index contributed by atoms with van der Waals surface area (Å²) in [6, 6.07) is 12.0. The molecule has 0 atom stereocenters. The number of benzene rings is 2. The maximum Gasteiger partial charge on any atom is 0.255 e. The standard InChI is InChI=1S/C17H17Cl2NO2/c1-2-3-10-22-14-7-5-13(6-8-14)20-17(21)12-4-9-15(18)16(19)11-12/h4-9,11H,2-3,10H2,1H3,(H,20,21). The maximum atomic E-state index is 12.1. The number of halogens is 2. The first kappa shape index (κ1) is 16.7. The second kappa shape index (κ2) is 8.06. The molecule has 2 aromatic carbocycles. The van der Waals surface area contributed by atoms with Gasteiger partial charge in [0.1, 0.15) is 5.75 Å². The van der Waals surface area contributed by atoms with Crippen LogP contribution in [0.3, 0.4) is 0 Å². The lowest BCUT2D eigenvalue weighted by Crippen LogP contribution is -2.11. The molecule has 0 bridgehead atoms. The van der Waals surface area contributed by atoms with Crippen LogP contribution in [0, 0.1) is 0 Å². The van der Waals surface area contributed by atoms with Crippen molar-refractivity contribution in [2.45, 2.75) is 19.8 Å². The molecule has 0 aliphatic heterocycles. The summed E-state index contributed by atoms with van der Waals surface area (Å²) in [5.74, 6) is 0.555. The number of hydrogen-bond donors (Lipinski definition) is 1. The average Bonchev–Trinajstić information content (AvgIpc) is 2.52. The molecule has 0 saturated carbocycles. The van der Waals surface area contributed by atoms with E-state index in [1.54, 1.807) is 30.3 Å². The Hall–Kier alpha value is -1.71. The van der Waals surface area contributed by atoms with E-state index in [0.29, 0.717) is 27.9 Å². The molecular weight excluding hydrogens is 321 g/mol. The lowest BCUT2D eigenvalue weighted by Gasteiger charge is -2.08. The molecule has 116 valence electrons. The van der Waals surface area contributed by atoms with E-state index < -0.39 is 0 Å². The zero-order valence-electron chi connectivity index (χ0n) is 12.2. The van der Waals surface area contributed by atoms with E-state index in [4.69, 9.17) is 27.9 Å². The molecule has 0 aliphatic carbocycles. The van der Waals surface area contributed by atoms with Crippen LogP contribution < -0.4 is 10.1 Å². The monoisotopic (exact) mass is 337 g/mol. The largest absolute Gasteiger partial charge is 0.494 e. The molecule has 0 spiro atoms. The topological polar surface area (TPSA) is 38.3 Å². The van der Waals surface area contributed by atoms with Crippen molar-refractivity contribution in [1.29, 1.82) is 0 Å². The van der Waals surface area contributed by atoms with Gasteiger partial charge in [0.05, 0.1) is 16.7 Å². The molecule has 3 nitrogen and oxygen atoms in total. The quantitative estimate of drug-likeness (QED) is 0.714. The van der Waals surface area contributed by atoms with Gasteiger partial charge in [-0.05, 0) is 48.9 Å². The summed E-state index contributed by atoms with van der Waals surface area (Å²) in [4.78, 5) is 12.1. The van der Waals surface area contributed by atoms with Crippen LogP contribution in [0.4, 0.5) is 5.69 Å². The Labute approximate surface area is 140 Å². The van der Waals surface area contributed by atoms with Gasteiger partial charge < -0.3 is 10.1 Å². The van der Waals surface area contributed by atoms with E-state index in [-0.39, 0.29) is 5.91 Å². The smallest absolute Gasteiger partial charge is 0.255 e.